The van der Waals surface area contributed by atoms with Crippen LogP contribution in [0.15, 0.2) is 105 Å². The third-order valence-corrected chi connectivity index (χ3v) is 6.37. The molecule has 0 fully saturated rings. The van der Waals surface area contributed by atoms with E-state index < -0.39 is 47.3 Å². The minimum Gasteiger partial charge on any atom is -0.480 e. The Balaban J connectivity index is 0.000000326. The first-order valence-electron chi connectivity index (χ1n) is 17.4. The molecule has 0 saturated carbocycles. The molecule has 0 aliphatic carbocycles. The number of pyridine rings is 2. The lowest BCUT2D eigenvalue weighted by Gasteiger charge is -2.21. The Hall–Kier alpha value is -7.18. The topological polar surface area (TPSA) is 296 Å². The van der Waals surface area contributed by atoms with Gasteiger partial charge in [0.25, 0.3) is 0 Å². The van der Waals surface area contributed by atoms with Crippen molar-refractivity contribution in [2.45, 2.75) is 78.7 Å². The first-order chi connectivity index (χ1) is 26.6. The molecule has 19 heteroatoms. The number of ether oxygens (including phenoxy) is 2. The smallest absolute Gasteiger partial charge is 0.408 e. The molecule has 3 amide bonds. The van der Waals surface area contributed by atoms with Crippen LogP contribution in [-0.2, 0) is 19.1 Å². The molecule has 2 heterocycles. The van der Waals surface area contributed by atoms with Gasteiger partial charge in [-0.2, -0.15) is 10.2 Å². The highest BCUT2D eigenvalue weighted by Gasteiger charge is 2.22. The first-order valence-corrected chi connectivity index (χ1v) is 17.4. The van der Waals surface area contributed by atoms with E-state index in [1.54, 1.807) is 77.9 Å². The average Bonchev–Trinajstić information content (AvgIpc) is 3.10. The number of nitrogens with zero attached hydrogens (tertiary/aromatic N) is 6. The number of aliphatic carboxylic acids is 1. The zero-order valence-corrected chi connectivity index (χ0v) is 33.0. The van der Waals surface area contributed by atoms with E-state index in [9.17, 15) is 19.2 Å². The van der Waals surface area contributed by atoms with Crippen molar-refractivity contribution in [3.05, 3.63) is 84.9 Å². The summed E-state index contributed by atoms with van der Waals surface area (Å²) in [7, 11) is 0. The lowest BCUT2D eigenvalue weighted by molar-refractivity contribution is -0.139. The summed E-state index contributed by atoms with van der Waals surface area (Å²) in [4.78, 5) is 53.2. The minimum atomic E-state index is -1.09. The largest absolute Gasteiger partial charge is 0.480 e. The minimum absolute atomic E-state index is 0.116. The van der Waals surface area contributed by atoms with Crippen molar-refractivity contribution < 1.29 is 33.8 Å². The molecule has 2 atom stereocenters. The number of nitrogen functional groups attached to an aromatic ring is 3. The Morgan fingerprint density at radius 2 is 1.04 bits per heavy atom. The van der Waals surface area contributed by atoms with Gasteiger partial charge >= 0.3 is 18.2 Å². The van der Waals surface area contributed by atoms with E-state index in [1.807, 2.05) is 48.5 Å². The maximum absolute atomic E-state index is 12.2. The van der Waals surface area contributed by atoms with Gasteiger partial charge in [0.05, 0.1) is 11.4 Å². The van der Waals surface area contributed by atoms with Gasteiger partial charge in [0.15, 0.2) is 11.6 Å². The van der Waals surface area contributed by atoms with Crippen LogP contribution in [0.2, 0.25) is 0 Å². The predicted molar refractivity (Wildman–Crippen MR) is 217 cm³/mol. The van der Waals surface area contributed by atoms with Crippen LogP contribution >= 0.6 is 0 Å². The molecule has 2 aromatic heterocycles. The molecule has 0 aliphatic heterocycles. The fourth-order valence-electron chi connectivity index (χ4n) is 3.73. The Morgan fingerprint density at radius 1 is 0.614 bits per heavy atom. The molecule has 2 aromatic carbocycles. The standard InChI is InChI=1S/C19H24N6O3.C11H11N5.C8H15NO4/c1-12(21-18(27)28-19(2,3)4)17(26)23-15-11-10-14(16(20)22-15)25-24-13-8-6-5-7-9-13;12-10-7-6-9(11(13)14-10)16-15-8-4-2-1-3-5-8;1-5(6(10)11)9-7(12)13-8(2,3)4/h5-12H,1-4H3,(H,21,27)(H3,20,22,23,26);1-7H,(H4,12,13,14);5H,1-4H3,(H,9,12)(H,10,11)/t12-;;5-/m0.0/s1. The number of carbonyl (C=O) groups is 4. The summed E-state index contributed by atoms with van der Waals surface area (Å²) in [6.07, 6.45) is -1.40. The number of carbonyl (C=O) groups excluding carboxylic acids is 3. The van der Waals surface area contributed by atoms with E-state index in [0.717, 1.165) is 5.69 Å². The number of nitrogens with one attached hydrogen (secondary N) is 3. The number of hydrogen-bond acceptors (Lipinski definition) is 15. The summed E-state index contributed by atoms with van der Waals surface area (Å²) in [5.74, 6) is -0.553. The Bertz CT molecular complexity index is 2000. The zero-order valence-electron chi connectivity index (χ0n) is 33.0. The zero-order chi connectivity index (χ0) is 42.8. The van der Waals surface area contributed by atoms with Crippen molar-refractivity contribution in [2.24, 2.45) is 20.5 Å². The summed E-state index contributed by atoms with van der Waals surface area (Å²) in [5.41, 5.74) is 18.1. The van der Waals surface area contributed by atoms with E-state index in [0.29, 0.717) is 22.9 Å². The van der Waals surface area contributed by atoms with Gasteiger partial charge in [-0.15, -0.1) is 10.2 Å². The molecular weight excluding hydrogens is 736 g/mol. The Kier molecular flexibility index (Phi) is 17.5. The van der Waals surface area contributed by atoms with Gasteiger partial charge in [0.2, 0.25) is 5.91 Å². The van der Waals surface area contributed by atoms with Crippen LogP contribution in [0.4, 0.5) is 55.6 Å². The second-order valence-corrected chi connectivity index (χ2v) is 13.9. The Labute approximate surface area is 330 Å². The highest BCUT2D eigenvalue weighted by atomic mass is 16.6. The molecule has 0 spiro atoms. The van der Waals surface area contributed by atoms with Gasteiger partial charge in [-0.1, -0.05) is 36.4 Å². The fraction of sp³-hybridized carbons (Fsp3) is 0.316. The number of nitrogens with two attached hydrogens (primary N) is 3. The molecule has 4 aromatic rings. The number of carboxylic acids is 1. The number of benzene rings is 2. The number of amides is 3. The number of azo groups is 2. The van der Waals surface area contributed by atoms with Crippen molar-refractivity contribution in [3.63, 3.8) is 0 Å². The number of carboxylic acid groups (broad SMARTS) is 1. The fourth-order valence-corrected chi connectivity index (χ4v) is 3.73. The van der Waals surface area contributed by atoms with Crippen LogP contribution in [-0.4, -0.2) is 62.4 Å². The van der Waals surface area contributed by atoms with E-state index in [4.69, 9.17) is 31.8 Å². The lowest BCUT2D eigenvalue weighted by atomic mass is 10.2. The van der Waals surface area contributed by atoms with Crippen molar-refractivity contribution >= 4 is 70.1 Å². The number of rotatable bonds is 9. The van der Waals surface area contributed by atoms with Crippen LogP contribution < -0.4 is 33.2 Å². The van der Waals surface area contributed by atoms with E-state index >= 15 is 0 Å². The van der Waals surface area contributed by atoms with Crippen molar-refractivity contribution in [1.29, 1.82) is 0 Å². The van der Waals surface area contributed by atoms with Crippen molar-refractivity contribution in [2.75, 3.05) is 22.5 Å². The van der Waals surface area contributed by atoms with Crippen molar-refractivity contribution in [3.8, 4) is 0 Å². The number of alkyl carbamates (subject to hydrolysis) is 2. The van der Waals surface area contributed by atoms with E-state index in [2.05, 4.69) is 46.4 Å². The SMILES string of the molecule is C[C@H](NC(=O)OC(C)(C)C)C(=O)Nc1ccc(N=Nc2ccccc2)c(N)n1.C[C@H](NC(=O)OC(C)(C)C)C(=O)O.Nc1ccc(N=Nc2ccccc2)c(N)n1. The molecular formula is C38H50N12O7. The highest BCUT2D eigenvalue weighted by molar-refractivity contribution is 5.95. The molecule has 304 valence electrons. The van der Waals surface area contributed by atoms with Gasteiger partial charge in [0, 0.05) is 0 Å². The summed E-state index contributed by atoms with van der Waals surface area (Å²) in [6, 6.07) is 23.3. The van der Waals surface area contributed by atoms with Crippen LogP contribution in [0.5, 0.6) is 0 Å². The third-order valence-electron chi connectivity index (χ3n) is 6.37. The van der Waals surface area contributed by atoms with Gasteiger partial charge in [-0.05, 0) is 104 Å². The second-order valence-electron chi connectivity index (χ2n) is 13.9. The molecule has 0 aliphatic rings. The van der Waals surface area contributed by atoms with Crippen LogP contribution in [0.3, 0.4) is 0 Å². The monoisotopic (exact) mass is 786 g/mol. The summed E-state index contributed by atoms with van der Waals surface area (Å²) in [6.45, 7) is 13.2. The van der Waals surface area contributed by atoms with Gasteiger partial charge in [-0.3, -0.25) is 9.59 Å². The normalized spacial score (nSPS) is 12.1. The van der Waals surface area contributed by atoms with Crippen molar-refractivity contribution in [1.82, 2.24) is 20.6 Å². The molecule has 0 saturated heterocycles. The molecule has 10 N–H and O–H groups in total. The average molecular weight is 787 g/mol. The van der Waals surface area contributed by atoms with Crippen LogP contribution in [0, 0.1) is 0 Å². The van der Waals surface area contributed by atoms with Crippen LogP contribution in [0.25, 0.3) is 0 Å². The molecule has 19 nitrogen and oxygen atoms in total. The molecule has 4 rings (SSSR count). The molecule has 0 unspecified atom stereocenters. The van der Waals surface area contributed by atoms with Gasteiger partial charge < -0.3 is 47.7 Å². The first kappa shape index (κ1) is 46.0. The summed E-state index contributed by atoms with van der Waals surface area (Å²) >= 11 is 0. The van der Waals surface area contributed by atoms with Gasteiger partial charge in [0.1, 0.15) is 46.3 Å². The highest BCUT2D eigenvalue weighted by Crippen LogP contribution is 2.25. The predicted octanol–water partition coefficient (Wildman–Crippen LogP) is 7.58. The maximum atomic E-state index is 12.2. The van der Waals surface area contributed by atoms with Crippen LogP contribution in [0.1, 0.15) is 55.4 Å². The summed E-state index contributed by atoms with van der Waals surface area (Å²) in [5, 5.41) is 31.8. The number of hydrogen-bond donors (Lipinski definition) is 7. The maximum Gasteiger partial charge on any atom is 0.408 e. The molecule has 0 radical (unpaired) electrons. The number of aromatic nitrogens is 2. The summed E-state index contributed by atoms with van der Waals surface area (Å²) < 4.78 is 9.96. The van der Waals surface area contributed by atoms with Gasteiger partial charge in [-0.25, -0.2) is 19.6 Å². The van der Waals surface area contributed by atoms with E-state index in [1.165, 1.54) is 13.8 Å². The second kappa shape index (κ2) is 21.6. The van der Waals surface area contributed by atoms with E-state index in [-0.39, 0.29) is 17.5 Å². The Morgan fingerprint density at radius 3 is 1.44 bits per heavy atom. The quantitative estimate of drug-likeness (QED) is 0.0808. The number of anilines is 4. The molecule has 57 heavy (non-hydrogen) atoms. The molecule has 0 bridgehead atoms. The third kappa shape index (κ3) is 19.1. The lowest BCUT2D eigenvalue weighted by Crippen LogP contribution is -2.44.